The van der Waals surface area contributed by atoms with Gasteiger partial charge in [-0.25, -0.2) is 19.2 Å². The Morgan fingerprint density at radius 1 is 0.571 bits per heavy atom. The number of aliphatic hydroxyl groups excluding tert-OH is 2. The van der Waals surface area contributed by atoms with Crippen molar-refractivity contribution in [2.45, 2.75) is 55.9 Å². The summed E-state index contributed by atoms with van der Waals surface area (Å²) in [6.45, 7) is 13.0. The Morgan fingerprint density at radius 3 is 1.23 bits per heavy atom. The quantitative estimate of drug-likeness (QED) is 0.0106. The average molecular weight is 1080 g/mol. The van der Waals surface area contributed by atoms with Crippen molar-refractivity contribution in [3.05, 3.63) is 120 Å². The molecule has 0 heterocycles. The number of non-ortho nitro benzene ring substituents is 3. The van der Waals surface area contributed by atoms with E-state index in [1.807, 2.05) is 0 Å². The fraction of sp³-hybridized carbons (Fsp3) is 0.375. The van der Waals surface area contributed by atoms with Crippen molar-refractivity contribution in [3.63, 3.8) is 0 Å². The summed E-state index contributed by atoms with van der Waals surface area (Å²) in [6, 6.07) is 16.1. The Bertz CT molecular complexity index is 2590. The normalized spacial score (nSPS) is 9.61. The van der Waals surface area contributed by atoms with Gasteiger partial charge in [0.2, 0.25) is 6.08 Å². The van der Waals surface area contributed by atoms with E-state index in [0.29, 0.717) is 51.7 Å². The van der Waals surface area contributed by atoms with Gasteiger partial charge in [0.1, 0.15) is 13.2 Å². The van der Waals surface area contributed by atoms with Crippen LogP contribution in [-0.2, 0) is 23.9 Å². The standard InChI is InChI=1S/C14H19N3O5.C13H20N4O3.C10H13N3O4.C8H6N2O3.C2H7NO.CH4/c1-9(2)13(18)22-5-4-15-14(19)16-11-6-10(3)7-12(8-11)17(20)21;1-8(2)12(18)20-4-3-16-13(19)17-11-6-9(14)5-10(15)7-11;1-7-4-8(6-9(5-7)13(16)17)12-10(15)11-2-3-14;1-6-2-7(9-5-11)4-8(3-6)10(12)13;3-1-2-4;/h6-9H,4-5H2,1-3H3,(H2,15,16,19);5-8H,3-4,14-15H2,1-2H3,(H2,16,17,19);4-6,14H,2-3H2,1H3,(H2,11,12,15);2-4H,1H3;4H,1-3H2;1H4. The fourth-order valence-corrected chi connectivity index (χ4v) is 5.26. The van der Waals surface area contributed by atoms with Crippen LogP contribution in [0.15, 0.2) is 77.8 Å². The summed E-state index contributed by atoms with van der Waals surface area (Å²) in [4.78, 5) is 100. The number of anilines is 5. The first-order valence-corrected chi connectivity index (χ1v) is 22.7. The third kappa shape index (κ3) is 32.5. The summed E-state index contributed by atoms with van der Waals surface area (Å²) < 4.78 is 9.82. The molecule has 422 valence electrons. The molecule has 29 nitrogen and oxygen atoms in total. The number of nitrogens with zero attached hydrogens (tertiary/aromatic N) is 4. The van der Waals surface area contributed by atoms with Crippen LogP contribution in [0.1, 0.15) is 51.8 Å². The second-order valence-electron chi connectivity index (χ2n) is 16.0. The lowest BCUT2D eigenvalue weighted by molar-refractivity contribution is -0.385. The third-order valence-electron chi connectivity index (χ3n) is 8.46. The molecule has 0 aliphatic rings. The van der Waals surface area contributed by atoms with Crippen LogP contribution in [-0.4, -0.2) is 114 Å². The van der Waals surface area contributed by atoms with Crippen molar-refractivity contribution >= 4 is 87.3 Å². The van der Waals surface area contributed by atoms with E-state index in [2.05, 4.69) is 36.9 Å². The molecule has 0 aliphatic heterocycles. The molecule has 0 fully saturated rings. The lowest BCUT2D eigenvalue weighted by Gasteiger charge is -2.10. The molecule has 0 unspecified atom stereocenters. The molecule has 77 heavy (non-hydrogen) atoms. The number of aliphatic imine (C=N–C) groups is 1. The minimum Gasteiger partial charge on any atom is -0.464 e. The molecule has 14 N–H and O–H groups in total. The molecule has 6 amide bonds. The lowest BCUT2D eigenvalue weighted by atomic mass is 10.2. The highest BCUT2D eigenvalue weighted by Crippen LogP contribution is 2.23. The molecule has 0 saturated heterocycles. The smallest absolute Gasteiger partial charge is 0.319 e. The molecule has 0 aromatic heterocycles. The predicted octanol–water partition coefficient (Wildman–Crippen LogP) is 5.86. The minimum atomic E-state index is -0.531. The van der Waals surface area contributed by atoms with E-state index in [4.69, 9.17) is 36.9 Å². The number of hydrogen-bond acceptors (Lipinski definition) is 20. The number of urea groups is 3. The number of benzene rings is 4. The van der Waals surface area contributed by atoms with Crippen molar-refractivity contribution in [1.29, 1.82) is 0 Å². The molecule has 4 rings (SSSR count). The number of carbonyl (C=O) groups excluding carboxylic acids is 6. The minimum absolute atomic E-state index is 0. The number of nitro benzene ring substituents is 3. The van der Waals surface area contributed by atoms with Crippen molar-refractivity contribution in [1.82, 2.24) is 16.0 Å². The molecule has 4 aromatic carbocycles. The van der Waals surface area contributed by atoms with E-state index in [1.165, 1.54) is 42.5 Å². The van der Waals surface area contributed by atoms with Crippen LogP contribution < -0.4 is 49.1 Å². The zero-order valence-corrected chi connectivity index (χ0v) is 42.9. The van der Waals surface area contributed by atoms with Crippen molar-refractivity contribution in [2.75, 3.05) is 80.0 Å². The summed E-state index contributed by atoms with van der Waals surface area (Å²) in [7, 11) is 0. The number of isocyanates is 1. The maximum absolute atomic E-state index is 11.7. The Labute approximate surface area is 443 Å². The Kier molecular flexibility index (Phi) is 34.7. The Hall–Kier alpha value is -9.31. The van der Waals surface area contributed by atoms with Crippen LogP contribution in [0.2, 0.25) is 0 Å². The number of ether oxygens (including phenoxy) is 2. The first kappa shape index (κ1) is 69.8. The highest BCUT2D eigenvalue weighted by molar-refractivity contribution is 5.91. The van der Waals surface area contributed by atoms with E-state index in [-0.39, 0.29) is 100 Å². The molecule has 0 bridgehead atoms. The van der Waals surface area contributed by atoms with Gasteiger partial charge in [-0.05, 0) is 73.9 Å². The summed E-state index contributed by atoms with van der Waals surface area (Å²) in [6.07, 6.45) is 1.33. The number of esters is 2. The van der Waals surface area contributed by atoms with Gasteiger partial charge in [-0.2, -0.15) is 4.99 Å². The van der Waals surface area contributed by atoms with Crippen molar-refractivity contribution in [3.8, 4) is 0 Å². The first-order valence-electron chi connectivity index (χ1n) is 22.7. The van der Waals surface area contributed by atoms with Gasteiger partial charge in [0.15, 0.2) is 0 Å². The number of aliphatic hydroxyl groups is 2. The summed E-state index contributed by atoms with van der Waals surface area (Å²) >= 11 is 0. The molecule has 0 radical (unpaired) electrons. The monoisotopic (exact) mass is 1080 g/mol. The highest BCUT2D eigenvalue weighted by atomic mass is 16.6. The molecule has 0 aliphatic carbocycles. The molecule has 0 spiro atoms. The van der Waals surface area contributed by atoms with Crippen molar-refractivity contribution in [2.24, 2.45) is 22.6 Å². The fourth-order valence-electron chi connectivity index (χ4n) is 5.26. The summed E-state index contributed by atoms with van der Waals surface area (Å²) in [5.41, 5.74) is 20.1. The number of rotatable bonds is 18. The van der Waals surface area contributed by atoms with Gasteiger partial charge in [-0.3, -0.25) is 39.9 Å². The van der Waals surface area contributed by atoms with Crippen LogP contribution in [0.3, 0.4) is 0 Å². The number of nitrogen functional groups attached to an aromatic ring is 2. The Morgan fingerprint density at radius 2 is 0.909 bits per heavy atom. The predicted molar refractivity (Wildman–Crippen MR) is 289 cm³/mol. The van der Waals surface area contributed by atoms with E-state index < -0.39 is 32.9 Å². The molecular formula is C48H69N13O16. The van der Waals surface area contributed by atoms with Crippen LogP contribution in [0.5, 0.6) is 0 Å². The molecule has 4 aromatic rings. The van der Waals surface area contributed by atoms with E-state index in [1.54, 1.807) is 84.9 Å². The maximum Gasteiger partial charge on any atom is 0.319 e. The second kappa shape index (κ2) is 38.3. The van der Waals surface area contributed by atoms with Gasteiger partial charge >= 0.3 is 30.0 Å². The van der Waals surface area contributed by atoms with Crippen molar-refractivity contribution < 1.29 is 63.2 Å². The summed E-state index contributed by atoms with van der Waals surface area (Å²) in [5, 5.41) is 62.9. The lowest BCUT2D eigenvalue weighted by Crippen LogP contribution is -2.32. The largest absolute Gasteiger partial charge is 0.464 e. The van der Waals surface area contributed by atoms with Gasteiger partial charge in [-0.15, -0.1) is 0 Å². The SMILES string of the molecule is C.CC(C)C(=O)OCCNC(=O)Nc1cc(N)cc(N)c1.Cc1cc(N=C=O)cc([N+](=O)[O-])c1.Cc1cc(NC(=O)NCCO)cc([N+](=O)[O-])c1.Cc1cc(NC(=O)NCCOC(=O)C(C)C)cc([N+](=O)[O-])c1.NCCO. The number of carbonyl (C=O) groups is 5. The van der Waals surface area contributed by atoms with Gasteiger partial charge < -0.3 is 68.8 Å². The summed E-state index contributed by atoms with van der Waals surface area (Å²) in [5.74, 6) is -1.03. The zero-order valence-electron chi connectivity index (χ0n) is 42.9. The van der Waals surface area contributed by atoms with E-state index >= 15 is 0 Å². The second-order valence-corrected chi connectivity index (χ2v) is 16.0. The number of nitro groups is 3. The first-order chi connectivity index (χ1) is 35.7. The molecule has 29 heteroatoms. The van der Waals surface area contributed by atoms with Crippen LogP contribution in [0.4, 0.5) is 65.6 Å². The Balaban J connectivity index is 0. The number of amides is 6. The van der Waals surface area contributed by atoms with E-state index in [9.17, 15) is 59.1 Å². The molecular weight excluding hydrogens is 1010 g/mol. The maximum atomic E-state index is 11.7. The van der Waals surface area contributed by atoms with Gasteiger partial charge in [0.05, 0.1) is 58.6 Å². The van der Waals surface area contributed by atoms with Crippen LogP contribution in [0.25, 0.3) is 0 Å². The number of nitrogens with one attached hydrogen (secondary N) is 6. The van der Waals surface area contributed by atoms with Gasteiger partial charge in [-0.1, -0.05) is 35.1 Å². The van der Waals surface area contributed by atoms with E-state index in [0.717, 1.165) is 0 Å². The number of hydrogen-bond donors (Lipinski definition) is 11. The van der Waals surface area contributed by atoms with Gasteiger partial charge in [0, 0.05) is 77.9 Å². The number of aryl methyl sites for hydroxylation is 3. The average Bonchev–Trinajstić information content (AvgIpc) is 3.33. The topological polar surface area (TPSA) is 453 Å². The molecule has 0 saturated carbocycles. The number of nitrogens with two attached hydrogens (primary N) is 3. The van der Waals surface area contributed by atoms with Crippen LogP contribution in [0, 0.1) is 62.9 Å². The van der Waals surface area contributed by atoms with Crippen LogP contribution >= 0.6 is 0 Å². The third-order valence-corrected chi connectivity index (χ3v) is 8.46. The highest BCUT2D eigenvalue weighted by Gasteiger charge is 2.13. The van der Waals surface area contributed by atoms with Gasteiger partial charge in [0.25, 0.3) is 17.1 Å². The molecule has 0 atom stereocenters. The zero-order chi connectivity index (χ0) is 57.9.